The summed E-state index contributed by atoms with van der Waals surface area (Å²) in [5, 5.41) is 12.6. The molecule has 0 radical (unpaired) electrons. The monoisotopic (exact) mass is 204 g/mol. The number of terminal acetylenes is 1. The zero-order chi connectivity index (χ0) is 11.0. The molecular formula is C8H7F3N2O. The van der Waals surface area contributed by atoms with Gasteiger partial charge >= 0.3 is 6.18 Å². The number of hydrogen-bond donors (Lipinski definition) is 1. The molecule has 0 aliphatic rings. The molecular weight excluding hydrogens is 197 g/mol. The van der Waals surface area contributed by atoms with E-state index in [-0.39, 0.29) is 0 Å². The minimum absolute atomic E-state index is 0.602. The van der Waals surface area contributed by atoms with Crippen molar-refractivity contribution in [1.29, 1.82) is 0 Å². The van der Waals surface area contributed by atoms with Gasteiger partial charge in [-0.05, 0) is 6.07 Å². The van der Waals surface area contributed by atoms with Crippen LogP contribution in [0.1, 0.15) is 5.69 Å². The molecule has 14 heavy (non-hydrogen) atoms. The smallest absolute Gasteiger partial charge is 0.365 e. The van der Waals surface area contributed by atoms with Gasteiger partial charge < -0.3 is 5.11 Å². The zero-order valence-electron chi connectivity index (χ0n) is 7.21. The highest BCUT2D eigenvalue weighted by atomic mass is 19.4. The lowest BCUT2D eigenvalue weighted by molar-refractivity contribution is -0.242. The predicted octanol–water partition coefficient (Wildman–Crippen LogP) is 0.803. The molecule has 1 rings (SSSR count). The van der Waals surface area contributed by atoms with Gasteiger partial charge in [-0.2, -0.15) is 18.3 Å². The fourth-order valence-electron chi connectivity index (χ4n) is 0.909. The van der Waals surface area contributed by atoms with Crippen molar-refractivity contribution in [3.8, 4) is 12.3 Å². The van der Waals surface area contributed by atoms with E-state index in [9.17, 15) is 18.3 Å². The molecule has 6 heteroatoms. The Morgan fingerprint density at radius 1 is 1.57 bits per heavy atom. The summed E-state index contributed by atoms with van der Waals surface area (Å²) in [6.07, 6.45) is 0.998. The SMILES string of the molecule is C#CC(O)(c1ccn(C)n1)C(F)(F)F. The maximum Gasteiger partial charge on any atom is 0.434 e. The average Bonchev–Trinajstić information content (AvgIpc) is 2.48. The van der Waals surface area contributed by atoms with Crippen LogP contribution in [0.25, 0.3) is 0 Å². The number of rotatable bonds is 1. The van der Waals surface area contributed by atoms with Crippen LogP contribution < -0.4 is 0 Å². The van der Waals surface area contributed by atoms with Gasteiger partial charge in [-0.1, -0.05) is 5.92 Å². The maximum absolute atomic E-state index is 12.4. The first-order chi connectivity index (χ1) is 6.31. The second kappa shape index (κ2) is 3.03. The summed E-state index contributed by atoms with van der Waals surface area (Å²) in [5.74, 6) is 1.30. The number of aryl methyl sites for hydroxylation is 1. The van der Waals surface area contributed by atoms with Crippen LogP contribution in [0.4, 0.5) is 13.2 Å². The van der Waals surface area contributed by atoms with E-state index >= 15 is 0 Å². The molecule has 0 saturated carbocycles. The van der Waals surface area contributed by atoms with E-state index in [0.717, 1.165) is 10.7 Å². The van der Waals surface area contributed by atoms with Gasteiger partial charge in [0.25, 0.3) is 5.60 Å². The standard InChI is InChI=1S/C8H7F3N2O/c1-3-7(14,8(9,10)11)6-4-5-13(2)12-6/h1,4-5,14H,2H3. The van der Waals surface area contributed by atoms with Crippen LogP contribution in [-0.2, 0) is 12.6 Å². The van der Waals surface area contributed by atoms with Crippen LogP contribution >= 0.6 is 0 Å². The third kappa shape index (κ3) is 1.46. The minimum Gasteiger partial charge on any atom is -0.365 e. The van der Waals surface area contributed by atoms with E-state index in [2.05, 4.69) is 11.5 Å². The Bertz CT molecular complexity index is 377. The molecule has 3 nitrogen and oxygen atoms in total. The molecule has 0 spiro atoms. The van der Waals surface area contributed by atoms with Crippen LogP contribution in [0.2, 0.25) is 0 Å². The lowest BCUT2D eigenvalue weighted by atomic mass is 10.0. The first kappa shape index (κ1) is 10.6. The second-order valence-corrected chi connectivity index (χ2v) is 2.73. The highest BCUT2D eigenvalue weighted by molar-refractivity contribution is 5.25. The van der Waals surface area contributed by atoms with Gasteiger partial charge in [0.15, 0.2) is 0 Å². The van der Waals surface area contributed by atoms with Crippen molar-refractivity contribution < 1.29 is 18.3 Å². The highest BCUT2D eigenvalue weighted by Crippen LogP contribution is 2.37. The summed E-state index contributed by atoms with van der Waals surface area (Å²) in [4.78, 5) is 0. The van der Waals surface area contributed by atoms with Crippen molar-refractivity contribution in [2.75, 3.05) is 0 Å². The van der Waals surface area contributed by atoms with Crippen molar-refractivity contribution >= 4 is 0 Å². The van der Waals surface area contributed by atoms with Gasteiger partial charge in [0.05, 0.1) is 0 Å². The summed E-state index contributed by atoms with van der Waals surface area (Å²) < 4.78 is 38.2. The predicted molar refractivity (Wildman–Crippen MR) is 42.0 cm³/mol. The van der Waals surface area contributed by atoms with Gasteiger partial charge in [-0.25, -0.2) is 0 Å². The van der Waals surface area contributed by atoms with E-state index in [1.807, 2.05) is 0 Å². The van der Waals surface area contributed by atoms with Gasteiger partial charge in [-0.15, -0.1) is 6.42 Å². The molecule has 1 aromatic rings. The van der Waals surface area contributed by atoms with E-state index in [1.165, 1.54) is 19.2 Å². The summed E-state index contributed by atoms with van der Waals surface area (Å²) in [7, 11) is 1.43. The molecule has 0 aliphatic heterocycles. The van der Waals surface area contributed by atoms with Crippen LogP contribution in [-0.4, -0.2) is 21.1 Å². The third-order valence-corrected chi connectivity index (χ3v) is 1.70. The van der Waals surface area contributed by atoms with E-state index in [0.29, 0.717) is 0 Å². The molecule has 0 aliphatic carbocycles. The largest absolute Gasteiger partial charge is 0.434 e. The molecule has 1 unspecified atom stereocenters. The Balaban J connectivity index is 3.23. The van der Waals surface area contributed by atoms with Crippen LogP contribution in [0.15, 0.2) is 12.3 Å². The number of aromatic nitrogens is 2. The van der Waals surface area contributed by atoms with E-state index < -0.39 is 17.5 Å². The fourth-order valence-corrected chi connectivity index (χ4v) is 0.909. The van der Waals surface area contributed by atoms with Crippen molar-refractivity contribution in [2.24, 2.45) is 7.05 Å². The molecule has 0 bridgehead atoms. The second-order valence-electron chi connectivity index (χ2n) is 2.73. The molecule has 0 fully saturated rings. The maximum atomic E-state index is 12.4. The van der Waals surface area contributed by atoms with E-state index in [1.54, 1.807) is 0 Å². The van der Waals surface area contributed by atoms with Crippen LogP contribution in [0, 0.1) is 12.3 Å². The van der Waals surface area contributed by atoms with Gasteiger partial charge in [0.1, 0.15) is 5.69 Å². The summed E-state index contributed by atoms with van der Waals surface area (Å²) >= 11 is 0. The number of hydrogen-bond acceptors (Lipinski definition) is 2. The molecule has 1 atom stereocenters. The zero-order valence-corrected chi connectivity index (χ0v) is 7.21. The molecule has 1 heterocycles. The molecule has 1 N–H and O–H groups in total. The first-order valence-corrected chi connectivity index (χ1v) is 3.58. The lowest BCUT2D eigenvalue weighted by Crippen LogP contribution is -2.41. The Kier molecular flexibility index (Phi) is 2.29. The van der Waals surface area contributed by atoms with Crippen molar-refractivity contribution in [2.45, 2.75) is 11.8 Å². The minimum atomic E-state index is -4.93. The Morgan fingerprint density at radius 2 is 2.14 bits per heavy atom. The first-order valence-electron chi connectivity index (χ1n) is 3.58. The quantitative estimate of drug-likeness (QED) is 0.687. The molecule has 0 amide bonds. The number of nitrogens with zero attached hydrogens (tertiary/aromatic N) is 2. The highest BCUT2D eigenvalue weighted by Gasteiger charge is 2.55. The Morgan fingerprint density at radius 3 is 2.43 bits per heavy atom. The van der Waals surface area contributed by atoms with Gasteiger partial charge in [0.2, 0.25) is 0 Å². The van der Waals surface area contributed by atoms with Gasteiger partial charge in [-0.3, -0.25) is 4.68 Å². The fraction of sp³-hybridized carbons (Fsp3) is 0.375. The topological polar surface area (TPSA) is 38.0 Å². The lowest BCUT2D eigenvalue weighted by Gasteiger charge is -2.22. The van der Waals surface area contributed by atoms with Crippen LogP contribution in [0.3, 0.4) is 0 Å². The average molecular weight is 204 g/mol. The van der Waals surface area contributed by atoms with Crippen LogP contribution in [0.5, 0.6) is 0 Å². The molecule has 1 aromatic heterocycles. The molecule has 76 valence electrons. The number of halogens is 3. The van der Waals surface area contributed by atoms with E-state index in [4.69, 9.17) is 0 Å². The van der Waals surface area contributed by atoms with Gasteiger partial charge in [0, 0.05) is 13.2 Å². The van der Waals surface area contributed by atoms with Crippen molar-refractivity contribution in [1.82, 2.24) is 9.78 Å². The Labute approximate surface area is 78.2 Å². The number of alkyl halides is 3. The number of aliphatic hydroxyl groups is 1. The Hall–Kier alpha value is -1.48. The molecule has 0 aromatic carbocycles. The van der Waals surface area contributed by atoms with Crippen molar-refractivity contribution in [3.63, 3.8) is 0 Å². The molecule has 0 saturated heterocycles. The summed E-state index contributed by atoms with van der Waals surface area (Å²) in [5.41, 5.74) is -3.91. The van der Waals surface area contributed by atoms with Crippen molar-refractivity contribution in [3.05, 3.63) is 18.0 Å². The third-order valence-electron chi connectivity index (χ3n) is 1.70. The summed E-state index contributed by atoms with van der Waals surface area (Å²) in [6.45, 7) is 0. The summed E-state index contributed by atoms with van der Waals surface area (Å²) in [6, 6.07) is 1.02. The normalized spacial score (nSPS) is 16.0.